The Balaban J connectivity index is 1.35. The predicted octanol–water partition coefficient (Wildman–Crippen LogP) is 2.48. The standard InChI is InChI=1S/C25H25N3O2/c29-24(21-10-5-2-6-11-21)26-23-13-7-12-22(18-23)25(30)28-16-14-27(15-17-28)19-20-8-3-1-4-9-20/h1-13,18H,14-17,19H2,(H,26,29)/p+1. The van der Waals surface area contributed by atoms with Crippen LogP contribution >= 0.6 is 0 Å². The van der Waals surface area contributed by atoms with Crippen LogP contribution in [0.4, 0.5) is 5.69 Å². The van der Waals surface area contributed by atoms with Gasteiger partial charge in [0, 0.05) is 22.4 Å². The van der Waals surface area contributed by atoms with Crippen LogP contribution in [0.2, 0.25) is 0 Å². The lowest BCUT2D eigenvalue weighted by Gasteiger charge is -2.32. The van der Waals surface area contributed by atoms with Crippen molar-refractivity contribution in [2.45, 2.75) is 6.54 Å². The lowest BCUT2D eigenvalue weighted by atomic mass is 10.1. The van der Waals surface area contributed by atoms with Gasteiger partial charge < -0.3 is 15.1 Å². The van der Waals surface area contributed by atoms with Gasteiger partial charge in [-0.1, -0.05) is 54.6 Å². The van der Waals surface area contributed by atoms with E-state index in [0.717, 1.165) is 32.7 Å². The zero-order valence-corrected chi connectivity index (χ0v) is 16.9. The quantitative estimate of drug-likeness (QED) is 0.691. The van der Waals surface area contributed by atoms with Crippen LogP contribution in [0.5, 0.6) is 0 Å². The molecule has 0 spiro atoms. The monoisotopic (exact) mass is 400 g/mol. The Hall–Kier alpha value is -3.44. The van der Waals surface area contributed by atoms with Gasteiger partial charge in [0.25, 0.3) is 11.8 Å². The SMILES string of the molecule is O=C(Nc1cccc(C(=O)N2CC[NH+](Cc3ccccc3)CC2)c1)c1ccccc1. The van der Waals surface area contributed by atoms with E-state index in [9.17, 15) is 9.59 Å². The lowest BCUT2D eigenvalue weighted by molar-refractivity contribution is -0.917. The van der Waals surface area contributed by atoms with Crippen molar-refractivity contribution in [2.24, 2.45) is 0 Å². The molecule has 0 unspecified atom stereocenters. The van der Waals surface area contributed by atoms with Crippen molar-refractivity contribution in [3.8, 4) is 0 Å². The van der Waals surface area contributed by atoms with Crippen LogP contribution in [0.3, 0.4) is 0 Å². The minimum absolute atomic E-state index is 0.0181. The molecule has 152 valence electrons. The maximum absolute atomic E-state index is 13.0. The highest BCUT2D eigenvalue weighted by molar-refractivity contribution is 6.05. The number of benzene rings is 3. The van der Waals surface area contributed by atoms with Gasteiger partial charge in [-0.25, -0.2) is 0 Å². The third-order valence-electron chi connectivity index (χ3n) is 5.46. The molecular weight excluding hydrogens is 374 g/mol. The molecule has 5 heteroatoms. The summed E-state index contributed by atoms with van der Waals surface area (Å²) in [4.78, 5) is 28.8. The number of hydrogen-bond acceptors (Lipinski definition) is 2. The van der Waals surface area contributed by atoms with E-state index in [1.54, 1.807) is 24.3 Å². The Morgan fingerprint density at radius 1 is 0.800 bits per heavy atom. The Bertz CT molecular complexity index is 997. The van der Waals surface area contributed by atoms with Crippen LogP contribution in [0.25, 0.3) is 0 Å². The van der Waals surface area contributed by atoms with Gasteiger partial charge >= 0.3 is 0 Å². The molecular formula is C25H26N3O2+. The van der Waals surface area contributed by atoms with Gasteiger partial charge in [0.15, 0.2) is 0 Å². The number of carbonyl (C=O) groups is 2. The summed E-state index contributed by atoms with van der Waals surface area (Å²) in [5, 5.41) is 2.88. The fourth-order valence-electron chi connectivity index (χ4n) is 3.79. The third-order valence-corrected chi connectivity index (χ3v) is 5.46. The number of rotatable bonds is 5. The summed E-state index contributed by atoms with van der Waals surface area (Å²) in [6.45, 7) is 4.34. The maximum atomic E-state index is 13.0. The summed E-state index contributed by atoms with van der Waals surface area (Å²) in [6, 6.07) is 26.7. The molecule has 0 atom stereocenters. The number of carbonyl (C=O) groups excluding carboxylic acids is 2. The Morgan fingerprint density at radius 2 is 1.43 bits per heavy atom. The minimum Gasteiger partial charge on any atom is -0.328 e. The van der Waals surface area contributed by atoms with E-state index in [-0.39, 0.29) is 11.8 Å². The summed E-state index contributed by atoms with van der Waals surface area (Å²) >= 11 is 0. The van der Waals surface area contributed by atoms with Crippen molar-refractivity contribution in [2.75, 3.05) is 31.5 Å². The van der Waals surface area contributed by atoms with Crippen molar-refractivity contribution >= 4 is 17.5 Å². The molecule has 1 heterocycles. The zero-order chi connectivity index (χ0) is 20.8. The largest absolute Gasteiger partial charge is 0.328 e. The molecule has 1 saturated heterocycles. The second-order valence-corrected chi connectivity index (χ2v) is 7.61. The minimum atomic E-state index is -0.182. The smallest absolute Gasteiger partial charge is 0.255 e. The summed E-state index contributed by atoms with van der Waals surface area (Å²) in [5.41, 5.74) is 3.15. The summed E-state index contributed by atoms with van der Waals surface area (Å²) in [5.74, 6) is -0.164. The summed E-state index contributed by atoms with van der Waals surface area (Å²) in [7, 11) is 0. The molecule has 4 rings (SSSR count). The van der Waals surface area contributed by atoms with Gasteiger partial charge in [0.05, 0.1) is 26.2 Å². The Morgan fingerprint density at radius 3 is 2.13 bits per heavy atom. The fourth-order valence-corrected chi connectivity index (χ4v) is 3.79. The van der Waals surface area contributed by atoms with E-state index >= 15 is 0 Å². The molecule has 1 aliphatic heterocycles. The van der Waals surface area contributed by atoms with Gasteiger partial charge in [0.2, 0.25) is 0 Å². The fraction of sp³-hybridized carbons (Fsp3) is 0.200. The third kappa shape index (κ3) is 4.93. The summed E-state index contributed by atoms with van der Waals surface area (Å²) in [6.07, 6.45) is 0. The van der Waals surface area contributed by atoms with Crippen molar-refractivity contribution in [1.82, 2.24) is 4.90 Å². The van der Waals surface area contributed by atoms with Gasteiger partial charge in [-0.3, -0.25) is 9.59 Å². The number of quaternary nitrogens is 1. The number of piperazine rings is 1. The van der Waals surface area contributed by atoms with Crippen molar-refractivity contribution in [3.05, 3.63) is 102 Å². The first-order valence-corrected chi connectivity index (χ1v) is 10.3. The van der Waals surface area contributed by atoms with Crippen LogP contribution in [0, 0.1) is 0 Å². The lowest BCUT2D eigenvalue weighted by Crippen LogP contribution is -3.13. The Labute approximate surface area is 176 Å². The van der Waals surface area contributed by atoms with Crippen molar-refractivity contribution < 1.29 is 14.5 Å². The Kier molecular flexibility index (Phi) is 6.20. The van der Waals surface area contributed by atoms with Crippen LogP contribution in [0.1, 0.15) is 26.3 Å². The highest BCUT2D eigenvalue weighted by Gasteiger charge is 2.24. The molecule has 1 aliphatic rings. The number of nitrogens with one attached hydrogen (secondary N) is 2. The molecule has 0 radical (unpaired) electrons. The van der Waals surface area contributed by atoms with E-state index < -0.39 is 0 Å². The zero-order valence-electron chi connectivity index (χ0n) is 16.9. The van der Waals surface area contributed by atoms with Gasteiger partial charge in [0.1, 0.15) is 6.54 Å². The van der Waals surface area contributed by atoms with Gasteiger partial charge in [-0.2, -0.15) is 0 Å². The average molecular weight is 401 g/mol. The van der Waals surface area contributed by atoms with E-state index in [1.807, 2.05) is 41.3 Å². The number of amides is 2. The number of hydrogen-bond donors (Lipinski definition) is 2. The van der Waals surface area contributed by atoms with Crippen LogP contribution < -0.4 is 10.2 Å². The molecule has 2 amide bonds. The molecule has 0 bridgehead atoms. The van der Waals surface area contributed by atoms with Crippen LogP contribution in [-0.4, -0.2) is 42.9 Å². The second kappa shape index (κ2) is 9.37. The molecule has 2 N–H and O–H groups in total. The summed E-state index contributed by atoms with van der Waals surface area (Å²) < 4.78 is 0. The van der Waals surface area contributed by atoms with E-state index in [2.05, 4.69) is 29.6 Å². The van der Waals surface area contributed by atoms with E-state index in [0.29, 0.717) is 16.8 Å². The van der Waals surface area contributed by atoms with Gasteiger partial charge in [-0.15, -0.1) is 0 Å². The first-order valence-electron chi connectivity index (χ1n) is 10.3. The molecule has 0 aromatic heterocycles. The molecule has 3 aromatic rings. The molecule has 5 nitrogen and oxygen atoms in total. The van der Waals surface area contributed by atoms with Gasteiger partial charge in [-0.05, 0) is 30.3 Å². The number of nitrogens with zero attached hydrogens (tertiary/aromatic N) is 1. The first-order chi connectivity index (χ1) is 14.7. The van der Waals surface area contributed by atoms with E-state index in [4.69, 9.17) is 0 Å². The predicted molar refractivity (Wildman–Crippen MR) is 118 cm³/mol. The molecule has 3 aromatic carbocycles. The number of anilines is 1. The van der Waals surface area contributed by atoms with Crippen LogP contribution in [0.15, 0.2) is 84.9 Å². The molecule has 1 fully saturated rings. The highest BCUT2D eigenvalue weighted by atomic mass is 16.2. The van der Waals surface area contributed by atoms with Crippen molar-refractivity contribution in [1.29, 1.82) is 0 Å². The first kappa shape index (κ1) is 19.9. The van der Waals surface area contributed by atoms with Crippen LogP contribution in [-0.2, 0) is 6.54 Å². The highest BCUT2D eigenvalue weighted by Crippen LogP contribution is 2.14. The second-order valence-electron chi connectivity index (χ2n) is 7.61. The molecule has 0 saturated carbocycles. The van der Waals surface area contributed by atoms with E-state index in [1.165, 1.54) is 10.5 Å². The maximum Gasteiger partial charge on any atom is 0.255 e. The molecule has 30 heavy (non-hydrogen) atoms. The normalized spacial score (nSPS) is 14.3. The topological polar surface area (TPSA) is 53.9 Å². The average Bonchev–Trinajstić information content (AvgIpc) is 2.80. The van der Waals surface area contributed by atoms with Crippen molar-refractivity contribution in [3.63, 3.8) is 0 Å². The molecule has 0 aliphatic carbocycles.